The van der Waals surface area contributed by atoms with Gasteiger partial charge < -0.3 is 4.42 Å². The molecule has 0 unspecified atom stereocenters. The van der Waals surface area contributed by atoms with Crippen LogP contribution in [0.25, 0.3) is 65.7 Å². The molecule has 0 aliphatic heterocycles. The fraction of sp³-hybridized carbons (Fsp3) is 0.0256. The maximum Gasteiger partial charge on any atom is 0.143 e. The maximum absolute atomic E-state index is 9.20. The van der Waals surface area contributed by atoms with E-state index in [2.05, 4.69) is 0 Å². The minimum absolute atomic E-state index is 0.0838. The lowest BCUT2D eigenvalue weighted by Gasteiger charge is -2.17. The third-order valence-electron chi connectivity index (χ3n) is 7.29. The zero-order valence-electron chi connectivity index (χ0n) is 34.0. The molecule has 0 aliphatic carbocycles. The van der Waals surface area contributed by atoms with E-state index in [0.717, 1.165) is 16.5 Å². The van der Waals surface area contributed by atoms with Crippen LogP contribution in [-0.4, -0.2) is 0 Å². The maximum atomic E-state index is 9.20. The van der Waals surface area contributed by atoms with E-state index in [1.807, 2.05) is 60.7 Å². The minimum atomic E-state index is -0.707. The molecule has 188 valence electrons. The number of furan rings is 1. The van der Waals surface area contributed by atoms with Crippen molar-refractivity contribution < 1.29 is 22.2 Å². The molecule has 1 aromatic heterocycles. The monoisotopic (exact) mass is 523 g/mol. The van der Waals surface area contributed by atoms with E-state index in [1.54, 1.807) is 6.07 Å². The second kappa shape index (κ2) is 9.25. The molecule has 0 bridgehead atoms. The van der Waals surface area contributed by atoms with Gasteiger partial charge in [-0.3, -0.25) is 0 Å². The molecule has 0 atom stereocenters. The molecule has 1 heterocycles. The molecule has 0 N–H and O–H groups in total. The van der Waals surface area contributed by atoms with Crippen molar-refractivity contribution in [1.82, 2.24) is 0 Å². The number of para-hydroxylation sites is 1. The third kappa shape index (κ3) is 3.56. The highest BCUT2D eigenvalue weighted by Crippen LogP contribution is 2.42. The smallest absolute Gasteiger partial charge is 0.143 e. The topological polar surface area (TPSA) is 13.1 Å². The largest absolute Gasteiger partial charge is 0.455 e. The van der Waals surface area contributed by atoms with Crippen LogP contribution in [0.5, 0.6) is 0 Å². The first-order chi connectivity index (χ1) is 25.3. The van der Waals surface area contributed by atoms with Crippen LogP contribution < -0.4 is 0 Å². The Morgan fingerprint density at radius 3 is 1.90 bits per heavy atom. The predicted molar refractivity (Wildman–Crippen MR) is 169 cm³/mol. The summed E-state index contributed by atoms with van der Waals surface area (Å²) in [5.74, 6) is 0. The summed E-state index contributed by atoms with van der Waals surface area (Å²) in [6.45, 7) is 0. The lowest BCUT2D eigenvalue weighted by Crippen LogP contribution is -1.96. The highest BCUT2D eigenvalue weighted by Gasteiger charge is 2.19. The van der Waals surface area contributed by atoms with Crippen LogP contribution in [0.4, 0.5) is 0 Å². The summed E-state index contributed by atoms with van der Waals surface area (Å²) in [6.07, 6.45) is -0.0838. The number of benzene rings is 7. The van der Waals surface area contributed by atoms with Gasteiger partial charge in [0.15, 0.2) is 0 Å². The highest BCUT2D eigenvalue weighted by atomic mass is 16.3. The predicted octanol–water partition coefficient (Wildman–Crippen LogP) is 10.8. The molecule has 8 aromatic rings. The van der Waals surface area contributed by atoms with Crippen molar-refractivity contribution in [2.24, 2.45) is 0 Å². The molecule has 0 saturated carbocycles. The van der Waals surface area contributed by atoms with E-state index >= 15 is 0 Å². The van der Waals surface area contributed by atoms with Gasteiger partial charge in [-0.2, -0.15) is 0 Å². The van der Waals surface area contributed by atoms with Crippen LogP contribution >= 0.6 is 0 Å². The quantitative estimate of drug-likeness (QED) is 0.209. The lowest BCUT2D eigenvalue weighted by atomic mass is 9.86. The molecule has 1 heteroatoms. The normalized spacial score (nSPS) is 16.1. The Kier molecular flexibility index (Phi) is 3.07. The summed E-state index contributed by atoms with van der Waals surface area (Å²) in [7, 11) is 0. The molecule has 0 saturated heterocycles. The van der Waals surface area contributed by atoms with Crippen LogP contribution in [0.1, 0.15) is 28.9 Å². The van der Waals surface area contributed by atoms with Gasteiger partial charge in [0.05, 0.1) is 17.8 Å². The molecule has 0 radical (unpaired) electrons. The summed E-state index contributed by atoms with van der Waals surface area (Å²) in [4.78, 5) is 0. The average Bonchev–Trinajstić information content (AvgIpc) is 3.56. The van der Waals surface area contributed by atoms with Gasteiger partial charge in [-0.05, 0) is 61.8 Å². The fourth-order valence-corrected chi connectivity index (χ4v) is 5.61. The average molecular weight is 524 g/mol. The third-order valence-corrected chi connectivity index (χ3v) is 7.29. The van der Waals surface area contributed by atoms with Gasteiger partial charge in [-0.25, -0.2) is 0 Å². The molecular weight excluding hydrogens is 484 g/mol. The van der Waals surface area contributed by atoms with Crippen LogP contribution in [0.15, 0.2) is 150 Å². The minimum Gasteiger partial charge on any atom is -0.455 e. The molecular formula is C39H26O. The van der Waals surface area contributed by atoms with Gasteiger partial charge in [0.25, 0.3) is 0 Å². The van der Waals surface area contributed by atoms with E-state index < -0.39 is 84.1 Å². The SMILES string of the molecule is [2H]c1c([2H])c([2H])c(-c2c3c([2H])c([2H])c([2H])c([2H])c3c(Cc3cccc4oc5c(-c6ccccc6)cccc5c34)c3c([2H])c([2H])c([2H])c([2H])c23)c([2H])c1[2H]. The first-order valence-electron chi connectivity index (χ1n) is 19.3. The molecule has 8 rings (SSSR count). The second-order valence-electron chi connectivity index (χ2n) is 9.47. The Morgan fingerprint density at radius 1 is 0.525 bits per heavy atom. The highest BCUT2D eigenvalue weighted by molar-refractivity contribution is 6.16. The van der Waals surface area contributed by atoms with Crippen molar-refractivity contribution in [2.45, 2.75) is 6.42 Å². The van der Waals surface area contributed by atoms with Crippen molar-refractivity contribution in [3.8, 4) is 22.3 Å². The van der Waals surface area contributed by atoms with Crippen LogP contribution in [0.2, 0.25) is 0 Å². The summed E-state index contributed by atoms with van der Waals surface area (Å²) in [5, 5.41) is 0.841. The van der Waals surface area contributed by atoms with Gasteiger partial charge >= 0.3 is 0 Å². The van der Waals surface area contributed by atoms with E-state index in [-0.39, 0.29) is 39.1 Å². The van der Waals surface area contributed by atoms with Gasteiger partial charge in [0.1, 0.15) is 11.2 Å². The van der Waals surface area contributed by atoms with Crippen molar-refractivity contribution in [3.05, 3.63) is 156 Å². The van der Waals surface area contributed by atoms with E-state index in [0.29, 0.717) is 22.1 Å². The zero-order chi connectivity index (χ0) is 37.8. The summed E-state index contributed by atoms with van der Waals surface area (Å²) in [5.41, 5.74) is 3.01. The molecule has 0 spiro atoms. The van der Waals surface area contributed by atoms with Crippen LogP contribution in [-0.2, 0) is 6.42 Å². The Hall–Kier alpha value is -5.14. The van der Waals surface area contributed by atoms with Crippen molar-refractivity contribution >= 4 is 43.5 Å². The van der Waals surface area contributed by atoms with E-state index in [4.69, 9.17) is 19.5 Å². The fourth-order valence-electron chi connectivity index (χ4n) is 5.61. The Bertz CT molecular complexity index is 2790. The second-order valence-corrected chi connectivity index (χ2v) is 9.47. The Balaban J connectivity index is 1.57. The Morgan fingerprint density at radius 2 is 1.18 bits per heavy atom. The number of rotatable bonds is 4. The van der Waals surface area contributed by atoms with Gasteiger partial charge in [0.2, 0.25) is 0 Å². The van der Waals surface area contributed by atoms with Crippen molar-refractivity contribution in [2.75, 3.05) is 0 Å². The van der Waals surface area contributed by atoms with Gasteiger partial charge in [-0.1, -0.05) is 139 Å². The number of fused-ring (bicyclic) bond motifs is 5. The van der Waals surface area contributed by atoms with Crippen LogP contribution in [0.3, 0.4) is 0 Å². The summed E-state index contributed by atoms with van der Waals surface area (Å²) in [6, 6.07) is 12.7. The first kappa shape index (κ1) is 13.3. The van der Waals surface area contributed by atoms with Gasteiger partial charge in [-0.15, -0.1) is 0 Å². The van der Waals surface area contributed by atoms with E-state index in [1.165, 1.54) is 0 Å². The standard InChI is InChI=1S/C39H26O/c1-3-13-26(14-4-1)29-22-12-23-34-38-28(17-11-24-36(38)40-39(29)34)25-35-30-18-7-9-20-32(30)37(27-15-5-2-6-16-27)33-21-10-8-19-31(33)35/h1-24H,25H2/i2D,5D,6D,7D,8D,9D,10D,15D,16D,18D,19D,20D,21D. The number of hydrogen-bond donors (Lipinski definition) is 0. The molecule has 1 nitrogen and oxygen atoms in total. The summed E-state index contributed by atoms with van der Waals surface area (Å²) < 4.78 is 121. The molecule has 7 aromatic carbocycles. The van der Waals surface area contributed by atoms with Crippen molar-refractivity contribution in [1.29, 1.82) is 0 Å². The summed E-state index contributed by atoms with van der Waals surface area (Å²) >= 11 is 0. The first-order valence-corrected chi connectivity index (χ1v) is 12.8. The van der Waals surface area contributed by atoms with Crippen LogP contribution in [0, 0.1) is 0 Å². The molecule has 40 heavy (non-hydrogen) atoms. The molecule has 0 fully saturated rings. The van der Waals surface area contributed by atoms with Gasteiger partial charge in [0, 0.05) is 16.3 Å². The lowest BCUT2D eigenvalue weighted by molar-refractivity contribution is 0.670. The van der Waals surface area contributed by atoms with Crippen molar-refractivity contribution in [3.63, 3.8) is 0 Å². The number of hydrogen-bond acceptors (Lipinski definition) is 1. The Labute approximate surface area is 251 Å². The molecule has 0 aliphatic rings. The zero-order valence-corrected chi connectivity index (χ0v) is 21.0. The molecule has 0 amide bonds. The van der Waals surface area contributed by atoms with E-state index in [9.17, 15) is 2.74 Å².